The highest BCUT2D eigenvalue weighted by Gasteiger charge is 2.14. The second-order valence-corrected chi connectivity index (χ2v) is 11.2. The molecule has 0 fully saturated rings. The zero-order valence-corrected chi connectivity index (χ0v) is 22.7. The molecule has 0 heterocycles. The molecule has 8 heteroatoms. The van der Waals surface area contributed by atoms with E-state index < -0.39 is 15.7 Å². The maximum absolute atomic E-state index is 12.6. The van der Waals surface area contributed by atoms with Crippen LogP contribution in [0.1, 0.15) is 43.7 Å². The van der Waals surface area contributed by atoms with Gasteiger partial charge in [-0.1, -0.05) is 55.5 Å². The lowest BCUT2D eigenvalue weighted by Gasteiger charge is -2.09. The second-order valence-electron chi connectivity index (χ2n) is 9.10. The number of sulfone groups is 1. The van der Waals surface area contributed by atoms with E-state index in [0.29, 0.717) is 31.8 Å². The molecule has 3 aromatic rings. The van der Waals surface area contributed by atoms with Crippen molar-refractivity contribution in [2.45, 2.75) is 50.3 Å². The summed E-state index contributed by atoms with van der Waals surface area (Å²) in [5, 5.41) is 8.43. The summed E-state index contributed by atoms with van der Waals surface area (Å²) in [6, 6.07) is 23.8. The molecule has 3 rings (SSSR count). The molecule has 3 aromatic carbocycles. The van der Waals surface area contributed by atoms with Crippen LogP contribution < -0.4 is 10.2 Å². The number of hydroxylamine groups is 1. The summed E-state index contributed by atoms with van der Waals surface area (Å²) in [5.74, 6) is 0.151. The molecule has 7 nitrogen and oxygen atoms in total. The molecule has 2 N–H and O–H groups in total. The van der Waals surface area contributed by atoms with E-state index in [1.54, 1.807) is 29.7 Å². The molecule has 204 valence electrons. The van der Waals surface area contributed by atoms with E-state index in [1.807, 2.05) is 0 Å². The van der Waals surface area contributed by atoms with Crippen molar-refractivity contribution in [1.82, 2.24) is 5.48 Å². The van der Waals surface area contributed by atoms with E-state index in [4.69, 9.17) is 14.7 Å². The van der Waals surface area contributed by atoms with E-state index in [0.717, 1.165) is 19.3 Å². The third-order valence-electron chi connectivity index (χ3n) is 6.20. The zero-order valence-electron chi connectivity index (χ0n) is 21.9. The molecule has 0 spiro atoms. The first-order chi connectivity index (χ1) is 18.4. The molecular formula is C30H37NO6S. The van der Waals surface area contributed by atoms with E-state index >= 15 is 0 Å². The Bertz CT molecular complexity index is 1240. The van der Waals surface area contributed by atoms with Gasteiger partial charge in [-0.05, 0) is 78.6 Å². The molecule has 0 aliphatic rings. The molecule has 0 radical (unpaired) electrons. The summed E-state index contributed by atoms with van der Waals surface area (Å²) in [6.45, 7) is 3.31. The Morgan fingerprint density at radius 3 is 2.29 bits per heavy atom. The molecule has 0 aliphatic carbocycles. The van der Waals surface area contributed by atoms with Gasteiger partial charge in [0.15, 0.2) is 9.84 Å². The predicted octanol–water partition coefficient (Wildman–Crippen LogP) is 5.39. The van der Waals surface area contributed by atoms with Crippen LogP contribution in [0.5, 0.6) is 5.75 Å². The van der Waals surface area contributed by atoms with Crippen LogP contribution in [-0.4, -0.2) is 45.1 Å². The lowest BCUT2D eigenvalue weighted by molar-refractivity contribution is -0.129. The lowest BCUT2D eigenvalue weighted by atomic mass is 10.00. The largest absolute Gasteiger partial charge is 0.494 e. The van der Waals surface area contributed by atoms with Crippen LogP contribution in [0.3, 0.4) is 0 Å². The standard InChI is InChI=1S/C30H37NO6S/c1-2-24-11-13-26(14-12-24)27-9-3-7-25(23-27)8-4-21-37-28-15-17-29(18-16-28)38(34,35)22-6-20-36-19-5-10-30(32)31-33/h3,7,9,11-18,23,33H,2,4-6,8,10,19-22H2,1H3,(H,31,32). The number of aryl methyl sites for hydroxylation is 2. The Hall–Kier alpha value is -3.20. The van der Waals surface area contributed by atoms with E-state index in [2.05, 4.69) is 55.5 Å². The van der Waals surface area contributed by atoms with Crippen LogP contribution in [-0.2, 0) is 32.2 Å². The topological polar surface area (TPSA) is 102 Å². The van der Waals surface area contributed by atoms with E-state index in [-0.39, 0.29) is 23.7 Å². The van der Waals surface area contributed by atoms with Crippen LogP contribution in [0.2, 0.25) is 0 Å². The Kier molecular flexibility index (Phi) is 11.8. The van der Waals surface area contributed by atoms with Crippen LogP contribution in [0.25, 0.3) is 11.1 Å². The fourth-order valence-electron chi connectivity index (χ4n) is 4.01. The number of ether oxygens (including phenoxy) is 2. The van der Waals surface area contributed by atoms with Crippen molar-refractivity contribution < 1.29 is 27.9 Å². The number of amides is 1. The number of carbonyl (C=O) groups excluding carboxylic acids is 1. The van der Waals surface area contributed by atoms with Crippen molar-refractivity contribution in [3.8, 4) is 16.9 Å². The van der Waals surface area contributed by atoms with Gasteiger partial charge in [-0.2, -0.15) is 0 Å². The normalized spacial score (nSPS) is 11.3. The van der Waals surface area contributed by atoms with Crippen molar-refractivity contribution in [2.24, 2.45) is 0 Å². The highest BCUT2D eigenvalue weighted by molar-refractivity contribution is 7.91. The Morgan fingerprint density at radius 1 is 0.842 bits per heavy atom. The van der Waals surface area contributed by atoms with Crippen molar-refractivity contribution in [2.75, 3.05) is 25.6 Å². The van der Waals surface area contributed by atoms with Gasteiger partial charge in [0.2, 0.25) is 5.91 Å². The fraction of sp³-hybridized carbons (Fsp3) is 0.367. The molecule has 0 atom stereocenters. The highest BCUT2D eigenvalue weighted by atomic mass is 32.2. The van der Waals surface area contributed by atoms with E-state index in [9.17, 15) is 13.2 Å². The van der Waals surface area contributed by atoms with Gasteiger partial charge in [0, 0.05) is 19.6 Å². The SMILES string of the molecule is CCc1ccc(-c2cccc(CCCOc3ccc(S(=O)(=O)CCCOCCCC(=O)NO)cc3)c2)cc1. The quantitative estimate of drug-likeness (QED) is 0.144. The van der Waals surface area contributed by atoms with Crippen molar-refractivity contribution in [3.05, 3.63) is 83.9 Å². The number of hydrogen-bond donors (Lipinski definition) is 2. The van der Waals surface area contributed by atoms with E-state index in [1.165, 1.54) is 22.3 Å². The molecule has 0 aliphatic heterocycles. The van der Waals surface area contributed by atoms with Gasteiger partial charge < -0.3 is 9.47 Å². The monoisotopic (exact) mass is 539 g/mol. The van der Waals surface area contributed by atoms with Crippen LogP contribution in [0.15, 0.2) is 77.7 Å². The van der Waals surface area contributed by atoms with Crippen molar-refractivity contribution in [3.63, 3.8) is 0 Å². The van der Waals surface area contributed by atoms with Gasteiger partial charge in [-0.3, -0.25) is 10.0 Å². The smallest absolute Gasteiger partial charge is 0.243 e. The van der Waals surface area contributed by atoms with Crippen LogP contribution in [0, 0.1) is 0 Å². The number of benzene rings is 3. The number of hydrogen-bond acceptors (Lipinski definition) is 6. The van der Waals surface area contributed by atoms with Gasteiger partial charge in [-0.15, -0.1) is 0 Å². The minimum Gasteiger partial charge on any atom is -0.494 e. The highest BCUT2D eigenvalue weighted by Crippen LogP contribution is 2.22. The molecule has 1 amide bonds. The molecule has 38 heavy (non-hydrogen) atoms. The first kappa shape index (κ1) is 29.4. The Labute approximate surface area is 225 Å². The van der Waals surface area contributed by atoms with Gasteiger partial charge in [-0.25, -0.2) is 13.9 Å². The number of nitrogens with one attached hydrogen (secondary N) is 1. The lowest BCUT2D eigenvalue weighted by Crippen LogP contribution is -2.18. The first-order valence-corrected chi connectivity index (χ1v) is 14.7. The van der Waals surface area contributed by atoms with Crippen LogP contribution >= 0.6 is 0 Å². The van der Waals surface area contributed by atoms with Crippen molar-refractivity contribution in [1.29, 1.82) is 0 Å². The van der Waals surface area contributed by atoms with Crippen molar-refractivity contribution >= 4 is 15.7 Å². The van der Waals surface area contributed by atoms with Gasteiger partial charge in [0.1, 0.15) is 5.75 Å². The maximum atomic E-state index is 12.6. The molecule has 0 saturated carbocycles. The summed E-state index contributed by atoms with van der Waals surface area (Å²) >= 11 is 0. The number of carbonyl (C=O) groups is 1. The minimum absolute atomic E-state index is 0.0217. The Balaban J connectivity index is 1.38. The van der Waals surface area contributed by atoms with Gasteiger partial charge in [0.25, 0.3) is 0 Å². The zero-order chi connectivity index (χ0) is 27.2. The summed E-state index contributed by atoms with van der Waals surface area (Å²) in [7, 11) is -3.41. The molecule has 0 bridgehead atoms. The summed E-state index contributed by atoms with van der Waals surface area (Å²) in [5.41, 5.74) is 6.57. The average molecular weight is 540 g/mol. The third kappa shape index (κ3) is 9.59. The average Bonchev–Trinajstić information content (AvgIpc) is 2.95. The van der Waals surface area contributed by atoms with Gasteiger partial charge in [0.05, 0.1) is 17.3 Å². The first-order valence-electron chi connectivity index (χ1n) is 13.1. The summed E-state index contributed by atoms with van der Waals surface area (Å²) < 4.78 is 36.3. The number of rotatable bonds is 16. The summed E-state index contributed by atoms with van der Waals surface area (Å²) in [6.07, 6.45) is 3.75. The van der Waals surface area contributed by atoms with Crippen LogP contribution in [0.4, 0.5) is 0 Å². The Morgan fingerprint density at radius 2 is 1.58 bits per heavy atom. The third-order valence-corrected chi connectivity index (χ3v) is 8.02. The molecule has 0 unspecified atom stereocenters. The van der Waals surface area contributed by atoms with Gasteiger partial charge >= 0.3 is 0 Å². The second kappa shape index (κ2) is 15.3. The maximum Gasteiger partial charge on any atom is 0.243 e. The minimum atomic E-state index is -3.41. The molecule has 0 aromatic heterocycles. The summed E-state index contributed by atoms with van der Waals surface area (Å²) in [4.78, 5) is 11.2. The fourth-order valence-corrected chi connectivity index (χ4v) is 5.29. The molecule has 0 saturated heterocycles. The molecular weight excluding hydrogens is 502 g/mol. The predicted molar refractivity (Wildman–Crippen MR) is 148 cm³/mol.